The highest BCUT2D eigenvalue weighted by Crippen LogP contribution is 2.28. The van der Waals surface area contributed by atoms with Gasteiger partial charge in [-0.1, -0.05) is 69.6 Å². The normalized spacial score (nSPS) is 17.5. The number of benzene rings is 2. The first-order valence-electron chi connectivity index (χ1n) is 13.9. The summed E-state index contributed by atoms with van der Waals surface area (Å²) in [5.41, 5.74) is 1.80. The van der Waals surface area contributed by atoms with Gasteiger partial charge in [0, 0.05) is 11.6 Å². The average Bonchev–Trinajstić information content (AvgIpc) is 3.60. The highest BCUT2D eigenvalue weighted by Gasteiger charge is 2.40. The van der Waals surface area contributed by atoms with Gasteiger partial charge in [0.05, 0.1) is 6.04 Å². The van der Waals surface area contributed by atoms with E-state index in [0.29, 0.717) is 35.5 Å². The summed E-state index contributed by atoms with van der Waals surface area (Å²) in [4.78, 5) is 45.5. The van der Waals surface area contributed by atoms with Gasteiger partial charge in [-0.15, -0.1) is 0 Å². The Hall–Kier alpha value is -3.63. The van der Waals surface area contributed by atoms with E-state index in [0.717, 1.165) is 5.56 Å². The first-order chi connectivity index (χ1) is 19.5. The fraction of sp³-hybridized carbons (Fsp3) is 0.467. The smallest absolute Gasteiger partial charge is 0.408 e. The Morgan fingerprint density at radius 2 is 1.83 bits per heavy atom. The second-order valence-corrected chi connectivity index (χ2v) is 11.4. The van der Waals surface area contributed by atoms with E-state index in [4.69, 9.17) is 20.8 Å². The Morgan fingerprint density at radius 3 is 2.51 bits per heavy atom. The molecule has 1 aromatic heterocycles. The molecule has 1 aliphatic heterocycles. The Kier molecular flexibility index (Phi) is 9.88. The van der Waals surface area contributed by atoms with Crippen LogP contribution in [0.25, 0.3) is 11.1 Å². The molecule has 3 N–H and O–H groups in total. The Morgan fingerprint density at radius 1 is 1.10 bits per heavy atom. The second kappa shape index (κ2) is 13.4. The largest absolute Gasteiger partial charge is 0.445 e. The molecule has 4 atom stereocenters. The van der Waals surface area contributed by atoms with E-state index in [1.807, 2.05) is 58.0 Å². The molecule has 2 aromatic carbocycles. The van der Waals surface area contributed by atoms with Gasteiger partial charge in [0.2, 0.25) is 17.7 Å². The molecule has 0 bridgehead atoms. The van der Waals surface area contributed by atoms with Gasteiger partial charge >= 0.3 is 6.09 Å². The molecular weight excluding hydrogens is 548 g/mol. The van der Waals surface area contributed by atoms with Crippen LogP contribution >= 0.6 is 11.6 Å². The average molecular weight is 585 g/mol. The van der Waals surface area contributed by atoms with Crippen molar-refractivity contribution in [3.63, 3.8) is 0 Å². The van der Waals surface area contributed by atoms with Gasteiger partial charge in [-0.05, 0) is 48.4 Å². The predicted octanol–water partition coefficient (Wildman–Crippen LogP) is 4.60. The Bertz CT molecular complexity index is 1360. The molecule has 0 aliphatic carbocycles. The maximum atomic E-state index is 13.6. The van der Waals surface area contributed by atoms with Crippen LogP contribution in [-0.4, -0.2) is 57.6 Å². The van der Waals surface area contributed by atoms with Crippen molar-refractivity contribution in [3.05, 3.63) is 65.0 Å². The molecule has 4 rings (SSSR count). The molecule has 0 saturated carbocycles. The standard InChI is InChI=1S/C30H37ClN4O6/c1-17(2)24(26(36)28-32-21-15-20(31)12-13-23(21)41-28)33-27(37)22-11-8-14-35(22)29(38)25(18(3)4)34-30(39)40-16-19-9-6-5-7-10-19/h5-7,9-10,12-13,15,17-18,22,24-26,36H,8,11,14,16H2,1-4H3,(H,33,37)(H,34,39)/t22-,24-,25-,26?/m0/s1. The van der Waals surface area contributed by atoms with E-state index in [2.05, 4.69) is 15.6 Å². The highest BCUT2D eigenvalue weighted by atomic mass is 35.5. The molecular formula is C30H37ClN4O6. The minimum atomic E-state index is -1.22. The molecule has 1 saturated heterocycles. The molecule has 10 nitrogen and oxygen atoms in total. The molecule has 0 radical (unpaired) electrons. The van der Waals surface area contributed by atoms with Crippen molar-refractivity contribution < 1.29 is 28.6 Å². The van der Waals surface area contributed by atoms with Crippen molar-refractivity contribution in [3.8, 4) is 0 Å². The first-order valence-corrected chi connectivity index (χ1v) is 14.2. The van der Waals surface area contributed by atoms with Crippen LogP contribution in [0.3, 0.4) is 0 Å². The molecule has 11 heteroatoms. The third kappa shape index (κ3) is 7.37. The second-order valence-electron chi connectivity index (χ2n) is 11.0. The van der Waals surface area contributed by atoms with Crippen LogP contribution in [-0.2, 0) is 20.9 Å². The molecule has 3 aromatic rings. The number of ether oxygens (including phenoxy) is 1. The molecule has 1 unspecified atom stereocenters. The summed E-state index contributed by atoms with van der Waals surface area (Å²) in [6.07, 6.45) is -0.833. The molecule has 41 heavy (non-hydrogen) atoms. The number of likely N-dealkylation sites (tertiary alicyclic amines) is 1. The zero-order valence-corrected chi connectivity index (χ0v) is 24.4. The van der Waals surface area contributed by atoms with Gasteiger partial charge in [0.15, 0.2) is 11.7 Å². The van der Waals surface area contributed by atoms with E-state index < -0.39 is 30.3 Å². The van der Waals surface area contributed by atoms with E-state index in [1.165, 1.54) is 4.90 Å². The molecule has 0 spiro atoms. The number of nitrogens with zero attached hydrogens (tertiary/aromatic N) is 2. The lowest BCUT2D eigenvalue weighted by Crippen LogP contribution is -2.56. The number of fused-ring (bicyclic) bond motifs is 1. The van der Waals surface area contributed by atoms with Crippen molar-refractivity contribution in [1.29, 1.82) is 0 Å². The highest BCUT2D eigenvalue weighted by molar-refractivity contribution is 6.31. The van der Waals surface area contributed by atoms with Crippen molar-refractivity contribution in [2.45, 2.75) is 71.4 Å². The van der Waals surface area contributed by atoms with Crippen LogP contribution in [0.2, 0.25) is 5.02 Å². The summed E-state index contributed by atoms with van der Waals surface area (Å²) in [5.74, 6) is -1.09. The van der Waals surface area contributed by atoms with Gasteiger partial charge in [-0.3, -0.25) is 9.59 Å². The lowest BCUT2D eigenvalue weighted by atomic mass is 9.97. The lowest BCUT2D eigenvalue weighted by Gasteiger charge is -2.32. The Balaban J connectivity index is 1.42. The number of alkyl carbamates (subject to hydrolysis) is 1. The lowest BCUT2D eigenvalue weighted by molar-refractivity contribution is -0.141. The number of halogens is 1. The molecule has 1 aliphatic rings. The van der Waals surface area contributed by atoms with E-state index >= 15 is 0 Å². The predicted molar refractivity (Wildman–Crippen MR) is 154 cm³/mol. The number of carbonyl (C=O) groups is 3. The third-order valence-corrected chi connectivity index (χ3v) is 7.48. The maximum Gasteiger partial charge on any atom is 0.408 e. The molecule has 220 valence electrons. The quantitative estimate of drug-likeness (QED) is 0.317. The number of amides is 3. The van der Waals surface area contributed by atoms with Crippen molar-refractivity contribution in [2.24, 2.45) is 11.8 Å². The first kappa shape index (κ1) is 30.3. The van der Waals surface area contributed by atoms with Gasteiger partial charge < -0.3 is 29.8 Å². The van der Waals surface area contributed by atoms with Crippen LogP contribution in [0.5, 0.6) is 0 Å². The van der Waals surface area contributed by atoms with Gasteiger partial charge in [0.1, 0.15) is 24.2 Å². The number of hydrogen-bond donors (Lipinski definition) is 3. The Labute approximate surface area is 244 Å². The van der Waals surface area contributed by atoms with Gasteiger partial charge in [-0.25, -0.2) is 9.78 Å². The monoisotopic (exact) mass is 584 g/mol. The van der Waals surface area contributed by atoms with E-state index in [-0.39, 0.29) is 36.1 Å². The van der Waals surface area contributed by atoms with E-state index in [1.54, 1.807) is 18.2 Å². The number of nitrogens with one attached hydrogen (secondary N) is 2. The zero-order valence-electron chi connectivity index (χ0n) is 23.7. The number of carbonyl (C=O) groups excluding carboxylic acids is 3. The topological polar surface area (TPSA) is 134 Å². The van der Waals surface area contributed by atoms with E-state index in [9.17, 15) is 19.5 Å². The number of oxazole rings is 1. The van der Waals surface area contributed by atoms with Gasteiger partial charge in [0.25, 0.3) is 0 Å². The zero-order chi connectivity index (χ0) is 29.7. The maximum absolute atomic E-state index is 13.6. The molecule has 2 heterocycles. The number of rotatable bonds is 10. The third-order valence-electron chi connectivity index (χ3n) is 7.24. The number of aliphatic hydroxyl groups excluding tert-OH is 1. The van der Waals surface area contributed by atoms with Crippen LogP contribution in [0.15, 0.2) is 52.9 Å². The van der Waals surface area contributed by atoms with Crippen LogP contribution in [0, 0.1) is 11.8 Å². The number of hydrogen-bond acceptors (Lipinski definition) is 7. The molecule has 3 amide bonds. The van der Waals surface area contributed by atoms with Crippen LogP contribution < -0.4 is 10.6 Å². The summed E-state index contributed by atoms with van der Waals surface area (Å²) in [6.45, 7) is 7.83. The minimum Gasteiger partial charge on any atom is -0.445 e. The van der Waals surface area contributed by atoms with Crippen LogP contribution in [0.1, 0.15) is 58.1 Å². The fourth-order valence-electron chi connectivity index (χ4n) is 4.96. The summed E-state index contributed by atoms with van der Waals surface area (Å²) in [7, 11) is 0. The SMILES string of the molecule is CC(C)[C@H](NC(=O)[C@@H]1CCCN1C(=O)[C@@H](NC(=O)OCc1ccccc1)C(C)C)C(O)c1nc2cc(Cl)ccc2o1. The van der Waals surface area contributed by atoms with Crippen molar-refractivity contribution in [2.75, 3.05) is 6.54 Å². The number of aliphatic hydroxyl groups is 1. The van der Waals surface area contributed by atoms with Crippen LogP contribution in [0.4, 0.5) is 4.79 Å². The fourth-order valence-corrected chi connectivity index (χ4v) is 5.12. The van der Waals surface area contributed by atoms with Crippen molar-refractivity contribution in [1.82, 2.24) is 20.5 Å². The van der Waals surface area contributed by atoms with Crippen molar-refractivity contribution >= 4 is 40.6 Å². The minimum absolute atomic E-state index is 0.0682. The summed E-state index contributed by atoms with van der Waals surface area (Å²) < 4.78 is 11.1. The van der Waals surface area contributed by atoms with Gasteiger partial charge in [-0.2, -0.15) is 0 Å². The summed E-state index contributed by atoms with van der Waals surface area (Å²) >= 11 is 6.05. The summed E-state index contributed by atoms with van der Waals surface area (Å²) in [5, 5.41) is 17.2. The molecule has 1 fully saturated rings. The number of aromatic nitrogens is 1. The summed E-state index contributed by atoms with van der Waals surface area (Å²) in [6, 6.07) is 11.9.